The minimum atomic E-state index is -1.63. The maximum atomic E-state index is 13.0. The molecule has 0 aromatic heterocycles. The molecule has 2 atom stereocenters. The number of hydrogen-bond acceptors (Lipinski definition) is 8. The number of unbranched alkanes of at least 4 members (excludes halogenated alkanes) is 25. The average Bonchev–Trinajstić information content (AvgIpc) is 3.46. The molecular formula is C82H135NO8. The van der Waals surface area contributed by atoms with E-state index in [2.05, 4.69) is 172 Å². The van der Waals surface area contributed by atoms with E-state index in [1.807, 2.05) is 21.1 Å². The fraction of sp³-hybridized carbons (Fsp3) is 0.646. The molecule has 0 radical (unpaired) electrons. The normalized spacial score (nSPS) is 13.6. The molecule has 0 bridgehead atoms. The lowest BCUT2D eigenvalue weighted by Crippen LogP contribution is -2.44. The molecule has 2 unspecified atom stereocenters. The molecule has 0 amide bonds. The van der Waals surface area contributed by atoms with Crippen LogP contribution in [0.5, 0.6) is 0 Å². The number of rotatable bonds is 66. The van der Waals surface area contributed by atoms with Crippen LogP contribution in [0.1, 0.15) is 284 Å². The van der Waals surface area contributed by atoms with E-state index in [9.17, 15) is 19.5 Å². The van der Waals surface area contributed by atoms with Crippen molar-refractivity contribution >= 4 is 17.9 Å². The molecule has 0 aliphatic rings. The topological polar surface area (TPSA) is 111 Å². The summed E-state index contributed by atoms with van der Waals surface area (Å²) in [7, 11) is 5.92. The first-order valence-electron chi connectivity index (χ1n) is 36.6. The number of likely N-dealkylation sites (N-methyl/N-ethyl adjacent to an activating group) is 1. The first-order chi connectivity index (χ1) is 44.6. The van der Waals surface area contributed by atoms with Crippen LogP contribution in [-0.4, -0.2) is 82.3 Å². The van der Waals surface area contributed by atoms with Gasteiger partial charge in [0.25, 0.3) is 0 Å². The van der Waals surface area contributed by atoms with Gasteiger partial charge in [-0.2, -0.15) is 0 Å². The van der Waals surface area contributed by atoms with E-state index in [-0.39, 0.29) is 38.6 Å². The van der Waals surface area contributed by atoms with Gasteiger partial charge in [-0.15, -0.1) is 0 Å². The van der Waals surface area contributed by atoms with Crippen LogP contribution >= 0.6 is 0 Å². The zero-order valence-electron chi connectivity index (χ0n) is 58.9. The molecule has 0 rings (SSSR count). The maximum Gasteiger partial charge on any atom is 0.306 e. The molecule has 0 aromatic carbocycles. The molecule has 9 nitrogen and oxygen atoms in total. The summed E-state index contributed by atoms with van der Waals surface area (Å²) in [6, 6.07) is 0. The first kappa shape index (κ1) is 85.9. The first-order valence-corrected chi connectivity index (χ1v) is 36.6. The molecule has 0 saturated carbocycles. The number of carboxylic acids is 1. The van der Waals surface area contributed by atoms with Gasteiger partial charge < -0.3 is 33.3 Å². The molecule has 0 aromatic rings. The molecule has 9 heteroatoms. The van der Waals surface area contributed by atoms with Gasteiger partial charge in [0.2, 0.25) is 0 Å². The summed E-state index contributed by atoms with van der Waals surface area (Å²) in [5, 5.41) is 11.8. The number of carbonyl (C=O) groups is 3. The van der Waals surface area contributed by atoms with E-state index >= 15 is 0 Å². The molecule has 0 aliphatic carbocycles. The van der Waals surface area contributed by atoms with Crippen molar-refractivity contribution in [3.63, 3.8) is 0 Å². The molecule has 0 saturated heterocycles. The number of allylic oxidation sites excluding steroid dienone is 26. The minimum absolute atomic E-state index is 0.139. The van der Waals surface area contributed by atoms with Gasteiger partial charge in [-0.3, -0.25) is 9.59 Å². The Balaban J connectivity index is 4.15. The van der Waals surface area contributed by atoms with Gasteiger partial charge >= 0.3 is 11.9 Å². The van der Waals surface area contributed by atoms with Crippen LogP contribution < -0.4 is 5.11 Å². The molecular weight excluding hydrogens is 1130 g/mol. The highest BCUT2D eigenvalue weighted by molar-refractivity contribution is 5.70. The van der Waals surface area contributed by atoms with Crippen LogP contribution in [-0.2, 0) is 33.3 Å². The summed E-state index contributed by atoms with van der Waals surface area (Å²) in [6.45, 7) is 4.51. The van der Waals surface area contributed by atoms with E-state index < -0.39 is 24.3 Å². The van der Waals surface area contributed by atoms with E-state index in [1.54, 1.807) is 0 Å². The second-order valence-electron chi connectivity index (χ2n) is 25.1. The van der Waals surface area contributed by atoms with Gasteiger partial charge in [0, 0.05) is 12.8 Å². The van der Waals surface area contributed by atoms with E-state index in [0.29, 0.717) is 17.4 Å². The Bertz CT molecular complexity index is 2060. The number of hydrogen-bond donors (Lipinski definition) is 0. The zero-order valence-corrected chi connectivity index (χ0v) is 58.9. The molecule has 516 valence electrons. The van der Waals surface area contributed by atoms with Crippen molar-refractivity contribution in [3.05, 3.63) is 158 Å². The number of carbonyl (C=O) groups excluding carboxylic acids is 3. The number of quaternary nitrogens is 1. The van der Waals surface area contributed by atoms with E-state index in [4.69, 9.17) is 18.9 Å². The average molecular weight is 1260 g/mol. The third kappa shape index (κ3) is 72.2. The van der Waals surface area contributed by atoms with Crippen LogP contribution in [0.15, 0.2) is 158 Å². The second kappa shape index (κ2) is 70.8. The number of ether oxygens (including phenoxy) is 4. The fourth-order valence-corrected chi connectivity index (χ4v) is 9.76. The van der Waals surface area contributed by atoms with Gasteiger partial charge in [-0.1, -0.05) is 307 Å². The summed E-state index contributed by atoms with van der Waals surface area (Å²) >= 11 is 0. The van der Waals surface area contributed by atoms with Crippen molar-refractivity contribution in [1.29, 1.82) is 0 Å². The highest BCUT2D eigenvalue weighted by Crippen LogP contribution is 2.17. The molecule has 0 heterocycles. The Morgan fingerprint density at radius 3 is 0.879 bits per heavy atom. The summed E-state index contributed by atoms with van der Waals surface area (Å²) in [4.78, 5) is 37.6. The Morgan fingerprint density at radius 2 is 0.593 bits per heavy atom. The van der Waals surface area contributed by atoms with Gasteiger partial charge in [0.1, 0.15) is 13.2 Å². The predicted molar refractivity (Wildman–Crippen MR) is 389 cm³/mol. The second-order valence-corrected chi connectivity index (χ2v) is 25.1. The van der Waals surface area contributed by atoms with Crippen LogP contribution in [0.4, 0.5) is 0 Å². The number of nitrogens with zero attached hydrogens (tertiary/aromatic N) is 1. The van der Waals surface area contributed by atoms with Crippen molar-refractivity contribution in [3.8, 4) is 0 Å². The Kier molecular flexibility index (Phi) is 66.8. The summed E-state index contributed by atoms with van der Waals surface area (Å²) in [6.07, 6.45) is 102. The molecule has 0 aliphatic heterocycles. The fourth-order valence-electron chi connectivity index (χ4n) is 9.76. The van der Waals surface area contributed by atoms with E-state index in [0.717, 1.165) is 128 Å². The lowest BCUT2D eigenvalue weighted by Gasteiger charge is -2.26. The molecule has 91 heavy (non-hydrogen) atoms. The van der Waals surface area contributed by atoms with Crippen LogP contribution in [0.2, 0.25) is 0 Å². The van der Waals surface area contributed by atoms with Crippen LogP contribution in [0.3, 0.4) is 0 Å². The monoisotopic (exact) mass is 1260 g/mol. The van der Waals surface area contributed by atoms with Crippen molar-refractivity contribution in [2.75, 3.05) is 47.5 Å². The summed E-state index contributed by atoms with van der Waals surface area (Å²) in [5.41, 5.74) is 0. The largest absolute Gasteiger partial charge is 0.545 e. The zero-order chi connectivity index (χ0) is 66.1. The quantitative estimate of drug-likeness (QED) is 0.0195. The van der Waals surface area contributed by atoms with Gasteiger partial charge in [0.05, 0.1) is 40.3 Å². The summed E-state index contributed by atoms with van der Waals surface area (Å²) in [5.74, 6) is -2.30. The van der Waals surface area contributed by atoms with Crippen LogP contribution in [0.25, 0.3) is 0 Å². The number of aliphatic carboxylic acids is 1. The third-order valence-corrected chi connectivity index (χ3v) is 15.3. The van der Waals surface area contributed by atoms with Gasteiger partial charge in [-0.25, -0.2) is 0 Å². The molecule has 0 spiro atoms. The Labute approximate surface area is 559 Å². The maximum absolute atomic E-state index is 13.0. The standard InChI is InChI=1S/C82H135NO8/c1-6-8-10-12-14-16-18-20-22-24-26-28-30-32-34-36-38-40-42-44-46-48-50-52-54-56-58-60-62-64-66-68-70-72-79(84)89-76-78(77-90-82(81(86)87)88-75-74-83(3,4)5)91-80(85)73-71-69-67-65-63-61-59-57-55-53-51-49-47-45-43-41-39-37-35-33-31-29-27-25-23-21-19-17-15-13-11-9-7-2/h8-11,14-17,20-23,26-29,32-35,39,41,45,47,51,53,78,82H,6-7,12-13,18-19,24-25,30-31,36-38,40,42-44,46,48-50,52,54-77H2,1-5H3/b10-8-,11-9-,16-14-,17-15-,22-20-,23-21-,28-26-,29-27-,34-32-,35-33-,41-39-,47-45-,53-51-. The predicted octanol–water partition coefficient (Wildman–Crippen LogP) is 21.9. The molecule has 0 fully saturated rings. The van der Waals surface area contributed by atoms with Crippen molar-refractivity contribution in [1.82, 2.24) is 0 Å². The van der Waals surface area contributed by atoms with Crippen LogP contribution in [0, 0.1) is 0 Å². The lowest BCUT2D eigenvalue weighted by molar-refractivity contribution is -0.870. The van der Waals surface area contributed by atoms with Crippen molar-refractivity contribution in [2.45, 2.75) is 296 Å². The smallest absolute Gasteiger partial charge is 0.306 e. The molecule has 0 N–H and O–H groups in total. The Morgan fingerprint density at radius 1 is 0.330 bits per heavy atom. The minimum Gasteiger partial charge on any atom is -0.545 e. The lowest BCUT2D eigenvalue weighted by atomic mass is 10.0. The van der Waals surface area contributed by atoms with Gasteiger partial charge in [0.15, 0.2) is 12.4 Å². The van der Waals surface area contributed by atoms with Crippen molar-refractivity contribution in [2.24, 2.45) is 0 Å². The highest BCUT2D eigenvalue weighted by Gasteiger charge is 2.22. The van der Waals surface area contributed by atoms with Crippen molar-refractivity contribution < 1.29 is 42.9 Å². The third-order valence-electron chi connectivity index (χ3n) is 15.3. The van der Waals surface area contributed by atoms with E-state index in [1.165, 1.54) is 122 Å². The van der Waals surface area contributed by atoms with Gasteiger partial charge in [-0.05, 0) is 122 Å². The summed E-state index contributed by atoms with van der Waals surface area (Å²) < 4.78 is 22.8. The highest BCUT2D eigenvalue weighted by atomic mass is 16.7. The number of esters is 2. The Hall–Kier alpha value is -5.09. The number of carboxylic acid groups (broad SMARTS) is 1. The SMILES string of the molecule is CC/C=C\C/C=C\C/C=C\C/C=C\C/C=C\C/C=C\C/C=C\C/C=C\CCCCCCCCCCC(=O)OC(COC(=O)CCCCCCCCCCCCCCCCCCC/C=C\C/C=C\C/C=C\C/C=C\C/C=C\CC)COC(OCC[N+](C)(C)C)C(=O)[O-].